The molecule has 0 bridgehead atoms. The van der Waals surface area contributed by atoms with Gasteiger partial charge in [-0.1, -0.05) is 18.2 Å². The highest BCUT2D eigenvalue weighted by Crippen LogP contribution is 2.26. The second-order valence-electron chi connectivity index (χ2n) is 5.94. The van der Waals surface area contributed by atoms with Crippen LogP contribution in [-0.4, -0.2) is 24.4 Å². The molecule has 0 unspecified atom stereocenters. The van der Waals surface area contributed by atoms with Crippen LogP contribution in [0.4, 0.5) is 10.2 Å². The number of benzene rings is 2. The van der Waals surface area contributed by atoms with Gasteiger partial charge >= 0.3 is 0 Å². The van der Waals surface area contributed by atoms with E-state index in [1.54, 1.807) is 43.6 Å². The van der Waals surface area contributed by atoms with Gasteiger partial charge in [-0.15, -0.1) is 0 Å². The van der Waals surface area contributed by atoms with E-state index in [-0.39, 0.29) is 18.1 Å². The minimum Gasteiger partial charge on any atom is -0.496 e. The highest BCUT2D eigenvalue weighted by Gasteiger charge is 2.16. The Balaban J connectivity index is 1.83. The molecule has 0 N–H and O–H groups in total. The fourth-order valence-electron chi connectivity index (χ4n) is 2.67. The zero-order valence-corrected chi connectivity index (χ0v) is 16.3. The normalized spacial score (nSPS) is 10.5. The van der Waals surface area contributed by atoms with Crippen LogP contribution in [-0.2, 0) is 6.54 Å². The molecule has 0 saturated heterocycles. The minimum absolute atomic E-state index is 0.0499. The summed E-state index contributed by atoms with van der Waals surface area (Å²) in [6, 6.07) is 17.0. The number of nitrogens with zero attached hydrogens (tertiary/aromatic N) is 2. The van der Waals surface area contributed by atoms with Crippen LogP contribution in [0.5, 0.6) is 5.75 Å². The zero-order chi connectivity index (χ0) is 19.2. The van der Waals surface area contributed by atoms with Crippen molar-refractivity contribution in [2.75, 3.05) is 18.6 Å². The van der Waals surface area contributed by atoms with Gasteiger partial charge in [0.25, 0.3) is 0 Å². The molecule has 0 aliphatic carbocycles. The number of ketones is 1. The molecule has 0 atom stereocenters. The first-order valence-corrected chi connectivity index (χ1v) is 9.13. The fourth-order valence-corrected chi connectivity index (χ4v) is 3.21. The van der Waals surface area contributed by atoms with Crippen LogP contribution >= 0.6 is 15.9 Å². The Morgan fingerprint density at radius 3 is 2.56 bits per heavy atom. The Bertz CT molecular complexity index is 917. The van der Waals surface area contributed by atoms with Crippen LogP contribution in [0.25, 0.3) is 0 Å². The number of methoxy groups -OCH3 is 1. The van der Waals surface area contributed by atoms with Crippen molar-refractivity contribution >= 4 is 27.5 Å². The summed E-state index contributed by atoms with van der Waals surface area (Å²) >= 11 is 3.41. The minimum atomic E-state index is -0.290. The van der Waals surface area contributed by atoms with Crippen molar-refractivity contribution in [2.45, 2.75) is 6.54 Å². The van der Waals surface area contributed by atoms with E-state index in [4.69, 9.17) is 4.74 Å². The molecule has 27 heavy (non-hydrogen) atoms. The van der Waals surface area contributed by atoms with Gasteiger partial charge in [0.05, 0.1) is 18.1 Å². The predicted molar refractivity (Wildman–Crippen MR) is 107 cm³/mol. The molecule has 1 aromatic heterocycles. The molecule has 0 saturated carbocycles. The van der Waals surface area contributed by atoms with Gasteiger partial charge in [-0.05, 0) is 64.0 Å². The van der Waals surface area contributed by atoms with Crippen molar-refractivity contribution < 1.29 is 13.9 Å². The molecule has 4 nitrogen and oxygen atoms in total. The summed E-state index contributed by atoms with van der Waals surface area (Å²) in [5.74, 6) is 1.01. The third kappa shape index (κ3) is 4.92. The molecule has 2 aromatic carbocycles. The van der Waals surface area contributed by atoms with Gasteiger partial charge in [-0.3, -0.25) is 4.79 Å². The standard InChI is InChI=1S/C21H18BrFN2O2/c1-27-20-10-7-16(12-18(20)22)19(26)14-25(21-4-2-3-11-24-21)13-15-5-8-17(23)9-6-15/h2-12H,13-14H2,1H3. The first kappa shape index (κ1) is 19.0. The first-order chi connectivity index (χ1) is 13.1. The Morgan fingerprint density at radius 1 is 1.15 bits per heavy atom. The van der Waals surface area contributed by atoms with E-state index in [0.717, 1.165) is 10.0 Å². The fraction of sp³-hybridized carbons (Fsp3) is 0.143. The highest BCUT2D eigenvalue weighted by atomic mass is 79.9. The number of halogens is 2. The average molecular weight is 429 g/mol. The molecular weight excluding hydrogens is 411 g/mol. The summed E-state index contributed by atoms with van der Waals surface area (Å²) in [6.07, 6.45) is 1.68. The topological polar surface area (TPSA) is 42.4 Å². The summed E-state index contributed by atoms with van der Waals surface area (Å²) in [4.78, 5) is 19.1. The van der Waals surface area contributed by atoms with Crippen molar-refractivity contribution in [2.24, 2.45) is 0 Å². The van der Waals surface area contributed by atoms with Gasteiger partial charge in [0.15, 0.2) is 5.78 Å². The van der Waals surface area contributed by atoms with Crippen LogP contribution in [0.1, 0.15) is 15.9 Å². The van der Waals surface area contributed by atoms with Crippen LogP contribution < -0.4 is 9.64 Å². The maximum absolute atomic E-state index is 13.2. The number of ether oxygens (including phenoxy) is 1. The molecule has 1 heterocycles. The van der Waals surface area contributed by atoms with Crippen molar-refractivity contribution in [3.8, 4) is 5.75 Å². The Hall–Kier alpha value is -2.73. The van der Waals surface area contributed by atoms with E-state index in [2.05, 4.69) is 20.9 Å². The molecule has 3 aromatic rings. The van der Waals surface area contributed by atoms with E-state index in [0.29, 0.717) is 23.7 Å². The molecule has 3 rings (SSSR count). The monoisotopic (exact) mass is 428 g/mol. The number of aromatic nitrogens is 1. The lowest BCUT2D eigenvalue weighted by molar-refractivity contribution is 0.0998. The molecule has 0 radical (unpaired) electrons. The van der Waals surface area contributed by atoms with Gasteiger partial charge in [0.2, 0.25) is 0 Å². The largest absolute Gasteiger partial charge is 0.496 e. The quantitative estimate of drug-likeness (QED) is 0.502. The van der Waals surface area contributed by atoms with Crippen molar-refractivity contribution in [1.29, 1.82) is 0 Å². The zero-order valence-electron chi connectivity index (χ0n) is 14.7. The van der Waals surface area contributed by atoms with Gasteiger partial charge in [-0.25, -0.2) is 9.37 Å². The Kier molecular flexibility index (Phi) is 6.19. The second kappa shape index (κ2) is 8.77. The van der Waals surface area contributed by atoms with Gasteiger partial charge in [-0.2, -0.15) is 0 Å². The van der Waals surface area contributed by atoms with Gasteiger partial charge < -0.3 is 9.64 Å². The number of rotatable bonds is 7. The molecule has 0 aliphatic rings. The molecule has 0 fully saturated rings. The van der Waals surface area contributed by atoms with E-state index in [1.807, 2.05) is 23.1 Å². The van der Waals surface area contributed by atoms with Crippen LogP contribution in [0.15, 0.2) is 71.3 Å². The average Bonchev–Trinajstić information content (AvgIpc) is 2.69. The maximum Gasteiger partial charge on any atom is 0.182 e. The summed E-state index contributed by atoms with van der Waals surface area (Å²) in [5.41, 5.74) is 1.47. The SMILES string of the molecule is COc1ccc(C(=O)CN(Cc2ccc(F)cc2)c2ccccn2)cc1Br. The smallest absolute Gasteiger partial charge is 0.182 e. The molecule has 0 amide bonds. The second-order valence-corrected chi connectivity index (χ2v) is 6.80. The van der Waals surface area contributed by atoms with Crippen LogP contribution in [0.2, 0.25) is 0 Å². The first-order valence-electron chi connectivity index (χ1n) is 8.34. The summed E-state index contributed by atoms with van der Waals surface area (Å²) in [6.45, 7) is 0.591. The van der Waals surface area contributed by atoms with E-state index < -0.39 is 0 Å². The molecule has 6 heteroatoms. The number of anilines is 1. The van der Waals surface area contributed by atoms with E-state index in [1.165, 1.54) is 12.1 Å². The third-order valence-corrected chi connectivity index (χ3v) is 4.69. The lowest BCUT2D eigenvalue weighted by Gasteiger charge is -2.23. The predicted octanol–water partition coefficient (Wildman–Crippen LogP) is 4.88. The maximum atomic E-state index is 13.2. The number of hydrogen-bond acceptors (Lipinski definition) is 4. The van der Waals surface area contributed by atoms with Crippen molar-refractivity contribution in [1.82, 2.24) is 4.98 Å². The highest BCUT2D eigenvalue weighted by molar-refractivity contribution is 9.10. The number of Topliss-reactive ketones (excluding diaryl/α,β-unsaturated/α-hetero) is 1. The summed E-state index contributed by atoms with van der Waals surface area (Å²) < 4.78 is 19.1. The van der Waals surface area contributed by atoms with Crippen molar-refractivity contribution in [3.05, 3.63) is 88.3 Å². The number of carbonyl (C=O) groups excluding carboxylic acids is 1. The third-order valence-electron chi connectivity index (χ3n) is 4.07. The molecule has 0 aliphatic heterocycles. The Labute approximate surface area is 165 Å². The molecule has 138 valence electrons. The molecular formula is C21H18BrFN2O2. The van der Waals surface area contributed by atoms with E-state index in [9.17, 15) is 9.18 Å². The van der Waals surface area contributed by atoms with Crippen LogP contribution in [0.3, 0.4) is 0 Å². The molecule has 0 spiro atoms. The number of hydrogen-bond donors (Lipinski definition) is 0. The van der Waals surface area contributed by atoms with E-state index >= 15 is 0 Å². The van der Waals surface area contributed by atoms with Crippen molar-refractivity contribution in [3.63, 3.8) is 0 Å². The lowest BCUT2D eigenvalue weighted by atomic mass is 10.1. The summed E-state index contributed by atoms with van der Waals surface area (Å²) in [5, 5.41) is 0. The van der Waals surface area contributed by atoms with Gasteiger partial charge in [0, 0.05) is 18.3 Å². The number of pyridine rings is 1. The van der Waals surface area contributed by atoms with Gasteiger partial charge in [0.1, 0.15) is 17.4 Å². The van der Waals surface area contributed by atoms with Crippen LogP contribution in [0, 0.1) is 5.82 Å². The summed E-state index contributed by atoms with van der Waals surface area (Å²) in [7, 11) is 1.58. The Morgan fingerprint density at radius 2 is 1.93 bits per heavy atom. The number of carbonyl (C=O) groups is 1. The lowest BCUT2D eigenvalue weighted by Crippen LogP contribution is -2.30.